The number of carbonyl (C=O) groups is 2. The van der Waals surface area contributed by atoms with Crippen LogP contribution in [0.5, 0.6) is 0 Å². The number of esters is 1. The van der Waals surface area contributed by atoms with Crippen molar-refractivity contribution in [1.29, 1.82) is 0 Å². The summed E-state index contributed by atoms with van der Waals surface area (Å²) in [5, 5.41) is 0. The number of fused-ring (bicyclic) bond motifs is 1. The number of ketones is 1. The van der Waals surface area contributed by atoms with Crippen molar-refractivity contribution in [2.24, 2.45) is 0 Å². The molecule has 2 atom stereocenters. The molecule has 1 aliphatic heterocycles. The Morgan fingerprint density at radius 3 is 2.64 bits per heavy atom. The average Bonchev–Trinajstić information content (AvgIpc) is 3.08. The van der Waals surface area contributed by atoms with Gasteiger partial charge in [-0.3, -0.25) is 4.79 Å². The molecule has 25 heavy (non-hydrogen) atoms. The minimum absolute atomic E-state index is 0.0145. The molecular formula is C20H24N2O3. The van der Waals surface area contributed by atoms with Crippen LogP contribution in [-0.2, 0) is 11.2 Å². The summed E-state index contributed by atoms with van der Waals surface area (Å²) in [7, 11) is 1.35. The Balaban J connectivity index is 1.96. The lowest BCUT2D eigenvalue weighted by molar-refractivity contribution is 0.0599. The summed E-state index contributed by atoms with van der Waals surface area (Å²) >= 11 is 0. The molecule has 2 heterocycles. The van der Waals surface area contributed by atoms with E-state index < -0.39 is 5.97 Å². The molecule has 0 saturated carbocycles. The van der Waals surface area contributed by atoms with E-state index in [2.05, 4.69) is 28.9 Å². The molecule has 0 spiro atoms. The molecule has 1 aromatic heterocycles. The zero-order valence-electron chi connectivity index (χ0n) is 15.3. The minimum atomic E-state index is -0.419. The van der Waals surface area contributed by atoms with E-state index in [0.29, 0.717) is 22.5 Å². The minimum Gasteiger partial charge on any atom is -0.465 e. The number of methoxy groups -OCH3 is 1. The third kappa shape index (κ3) is 2.73. The maximum Gasteiger partial charge on any atom is 0.339 e. The second kappa shape index (κ2) is 6.39. The number of anilines is 1. The number of benzene rings is 1. The van der Waals surface area contributed by atoms with Crippen molar-refractivity contribution in [2.45, 2.75) is 46.2 Å². The lowest BCUT2D eigenvalue weighted by Gasteiger charge is -2.30. The molecule has 0 unspecified atom stereocenters. The van der Waals surface area contributed by atoms with Crippen molar-refractivity contribution in [1.82, 2.24) is 4.98 Å². The predicted octanol–water partition coefficient (Wildman–Crippen LogP) is 3.44. The molecule has 0 radical (unpaired) electrons. The first-order valence-corrected chi connectivity index (χ1v) is 8.54. The van der Waals surface area contributed by atoms with Crippen LogP contribution in [0.2, 0.25) is 0 Å². The molecule has 5 nitrogen and oxygen atoms in total. The number of carbonyl (C=O) groups excluding carboxylic acids is 2. The fraction of sp³-hybridized carbons (Fsp3) is 0.400. The van der Waals surface area contributed by atoms with Gasteiger partial charge in [0.05, 0.1) is 24.4 Å². The summed E-state index contributed by atoms with van der Waals surface area (Å²) in [6.45, 7) is 7.64. The summed E-state index contributed by atoms with van der Waals surface area (Å²) < 4.78 is 4.83. The normalized spacial score (nSPS) is 17.3. The summed E-state index contributed by atoms with van der Waals surface area (Å²) in [5.41, 5.74) is 4.64. The maximum absolute atomic E-state index is 13.2. The number of rotatable bonds is 4. The number of nitrogens with one attached hydrogen (secondary N) is 1. The molecule has 0 bridgehead atoms. The van der Waals surface area contributed by atoms with E-state index in [0.717, 1.165) is 12.1 Å². The Labute approximate surface area is 148 Å². The largest absolute Gasteiger partial charge is 0.465 e. The number of aryl methyl sites for hydroxylation is 1. The molecule has 1 aliphatic rings. The molecule has 0 amide bonds. The predicted molar refractivity (Wildman–Crippen MR) is 97.5 cm³/mol. The molecule has 132 valence electrons. The van der Waals surface area contributed by atoms with Gasteiger partial charge >= 0.3 is 5.97 Å². The fourth-order valence-corrected chi connectivity index (χ4v) is 3.92. The monoisotopic (exact) mass is 340 g/mol. The van der Waals surface area contributed by atoms with Gasteiger partial charge in [-0.2, -0.15) is 0 Å². The first kappa shape index (κ1) is 17.3. The van der Waals surface area contributed by atoms with E-state index in [1.54, 1.807) is 13.8 Å². The molecule has 1 N–H and O–H groups in total. The zero-order chi connectivity index (χ0) is 18.3. The number of H-pyrrole nitrogens is 1. The molecule has 0 saturated heterocycles. The van der Waals surface area contributed by atoms with Crippen LogP contribution in [0.15, 0.2) is 24.3 Å². The van der Waals surface area contributed by atoms with Crippen LogP contribution in [0.25, 0.3) is 0 Å². The van der Waals surface area contributed by atoms with Crippen LogP contribution in [-0.4, -0.2) is 35.9 Å². The molecule has 0 aliphatic carbocycles. The lowest BCUT2D eigenvalue weighted by Crippen LogP contribution is -2.43. The van der Waals surface area contributed by atoms with E-state index >= 15 is 0 Å². The van der Waals surface area contributed by atoms with Gasteiger partial charge in [0.2, 0.25) is 5.78 Å². The van der Waals surface area contributed by atoms with E-state index in [9.17, 15) is 9.59 Å². The summed E-state index contributed by atoms with van der Waals surface area (Å²) in [4.78, 5) is 30.4. The maximum atomic E-state index is 13.2. The second-order valence-corrected chi connectivity index (χ2v) is 6.75. The van der Waals surface area contributed by atoms with Gasteiger partial charge in [0.15, 0.2) is 0 Å². The van der Waals surface area contributed by atoms with E-state index in [1.165, 1.54) is 12.7 Å². The summed E-state index contributed by atoms with van der Waals surface area (Å²) in [5.74, 6) is -0.433. The number of ether oxygens (including phenoxy) is 1. The highest BCUT2D eigenvalue weighted by molar-refractivity contribution is 6.05. The van der Waals surface area contributed by atoms with E-state index in [-0.39, 0.29) is 17.9 Å². The van der Waals surface area contributed by atoms with Crippen LogP contribution >= 0.6 is 0 Å². The average molecular weight is 340 g/mol. The van der Waals surface area contributed by atoms with Gasteiger partial charge in [0.25, 0.3) is 0 Å². The van der Waals surface area contributed by atoms with Crippen molar-refractivity contribution < 1.29 is 14.3 Å². The van der Waals surface area contributed by atoms with E-state index in [1.807, 2.05) is 19.1 Å². The van der Waals surface area contributed by atoms with Crippen molar-refractivity contribution in [3.8, 4) is 0 Å². The third-order valence-electron chi connectivity index (χ3n) is 5.13. The van der Waals surface area contributed by atoms with Crippen molar-refractivity contribution in [3.05, 3.63) is 52.3 Å². The molecule has 1 aromatic carbocycles. The Kier molecular flexibility index (Phi) is 4.41. The molecule has 2 aromatic rings. The number of nitrogens with zero attached hydrogens (tertiary/aromatic N) is 1. The topological polar surface area (TPSA) is 62.4 Å². The lowest BCUT2D eigenvalue weighted by atomic mass is 10.0. The Bertz CT molecular complexity index is 837. The first-order valence-electron chi connectivity index (χ1n) is 8.54. The number of para-hydroxylation sites is 1. The smallest absolute Gasteiger partial charge is 0.339 e. The number of aromatic nitrogens is 1. The molecule has 3 rings (SSSR count). The van der Waals surface area contributed by atoms with Crippen LogP contribution in [0.4, 0.5) is 5.69 Å². The Morgan fingerprint density at radius 2 is 1.96 bits per heavy atom. The Hall–Kier alpha value is -2.56. The summed E-state index contributed by atoms with van der Waals surface area (Å²) in [6, 6.07) is 8.15. The van der Waals surface area contributed by atoms with Crippen LogP contribution in [0.1, 0.15) is 51.5 Å². The van der Waals surface area contributed by atoms with Crippen molar-refractivity contribution in [3.63, 3.8) is 0 Å². The number of Topliss-reactive ketones (excluding diaryl/α,β-unsaturated/α-hetero) is 1. The molecule has 5 heteroatoms. The fourth-order valence-electron chi connectivity index (χ4n) is 3.92. The van der Waals surface area contributed by atoms with Crippen LogP contribution in [0.3, 0.4) is 0 Å². The molecular weight excluding hydrogens is 316 g/mol. The number of aromatic amines is 1. The summed E-state index contributed by atoms with van der Waals surface area (Å²) in [6.07, 6.45) is 0.934. The third-order valence-corrected chi connectivity index (χ3v) is 5.13. The highest BCUT2D eigenvalue weighted by Gasteiger charge is 2.35. The highest BCUT2D eigenvalue weighted by Crippen LogP contribution is 2.34. The van der Waals surface area contributed by atoms with Gasteiger partial charge in [0.1, 0.15) is 0 Å². The SMILES string of the molecule is COC(=O)c1c(C)[nH]c(C(=O)[C@H](C)N2c3ccccc3C[C@H]2C)c1C. The van der Waals surface area contributed by atoms with E-state index in [4.69, 9.17) is 4.74 Å². The van der Waals surface area contributed by atoms with Gasteiger partial charge in [0, 0.05) is 17.4 Å². The zero-order valence-corrected chi connectivity index (χ0v) is 15.3. The second-order valence-electron chi connectivity index (χ2n) is 6.75. The molecule has 0 fully saturated rings. The van der Waals surface area contributed by atoms with Crippen LogP contribution < -0.4 is 4.90 Å². The van der Waals surface area contributed by atoms with Gasteiger partial charge in [-0.25, -0.2) is 4.79 Å². The van der Waals surface area contributed by atoms with Gasteiger partial charge < -0.3 is 14.6 Å². The first-order chi connectivity index (χ1) is 11.9. The van der Waals surface area contributed by atoms with Gasteiger partial charge in [-0.1, -0.05) is 18.2 Å². The van der Waals surface area contributed by atoms with Gasteiger partial charge in [-0.05, 0) is 51.3 Å². The van der Waals surface area contributed by atoms with Crippen LogP contribution in [0, 0.1) is 13.8 Å². The van der Waals surface area contributed by atoms with Gasteiger partial charge in [-0.15, -0.1) is 0 Å². The number of hydrogen-bond acceptors (Lipinski definition) is 4. The van der Waals surface area contributed by atoms with Crippen molar-refractivity contribution in [2.75, 3.05) is 12.0 Å². The highest BCUT2D eigenvalue weighted by atomic mass is 16.5. The Morgan fingerprint density at radius 1 is 1.28 bits per heavy atom. The number of hydrogen-bond donors (Lipinski definition) is 1. The standard InChI is InChI=1S/C20H24N2O3/c1-11-10-15-8-6-7-9-16(15)22(11)14(4)19(23)18-12(2)17(13(3)21-18)20(24)25-5/h6-9,11,14,21H,10H2,1-5H3/t11-,14+/m1/s1. The van der Waals surface area contributed by atoms with Crippen molar-refractivity contribution >= 4 is 17.4 Å². The quantitative estimate of drug-likeness (QED) is 0.684.